The fourth-order valence-electron chi connectivity index (χ4n) is 1.34. The predicted octanol–water partition coefficient (Wildman–Crippen LogP) is 2.37. The standard InChI is InChI=1S/C10H16N2OS/c1-7(2)6-9(12-8(3)13)10-11-4-5-14-10/h4-5,7,9H,6H2,1-3H3,(H,12,13). The van der Waals surface area contributed by atoms with Crippen LogP contribution in [0.15, 0.2) is 11.6 Å². The molecule has 1 unspecified atom stereocenters. The van der Waals surface area contributed by atoms with E-state index in [1.54, 1.807) is 24.5 Å². The Balaban J connectivity index is 2.67. The SMILES string of the molecule is CC(=O)NC(CC(C)C)c1nccs1. The number of aromatic nitrogens is 1. The molecular weight excluding hydrogens is 196 g/mol. The molecule has 0 bridgehead atoms. The zero-order chi connectivity index (χ0) is 10.6. The van der Waals surface area contributed by atoms with Crippen LogP contribution in [-0.4, -0.2) is 10.9 Å². The highest BCUT2D eigenvalue weighted by Crippen LogP contribution is 2.22. The molecule has 0 aliphatic rings. The lowest BCUT2D eigenvalue weighted by Gasteiger charge is -2.17. The molecule has 0 radical (unpaired) electrons. The summed E-state index contributed by atoms with van der Waals surface area (Å²) in [7, 11) is 0. The molecule has 4 heteroatoms. The van der Waals surface area contributed by atoms with Gasteiger partial charge in [-0.1, -0.05) is 13.8 Å². The fraction of sp³-hybridized carbons (Fsp3) is 0.600. The van der Waals surface area contributed by atoms with Gasteiger partial charge in [-0.15, -0.1) is 11.3 Å². The van der Waals surface area contributed by atoms with Crippen molar-refractivity contribution in [3.63, 3.8) is 0 Å². The van der Waals surface area contributed by atoms with Crippen molar-refractivity contribution in [2.24, 2.45) is 5.92 Å². The summed E-state index contributed by atoms with van der Waals surface area (Å²) in [6.45, 7) is 5.83. The Labute approximate surface area is 88.6 Å². The van der Waals surface area contributed by atoms with Gasteiger partial charge in [0.05, 0.1) is 6.04 Å². The third kappa shape index (κ3) is 3.46. The third-order valence-electron chi connectivity index (χ3n) is 1.83. The van der Waals surface area contributed by atoms with Crippen molar-refractivity contribution in [1.82, 2.24) is 10.3 Å². The van der Waals surface area contributed by atoms with E-state index < -0.39 is 0 Å². The Morgan fingerprint density at radius 2 is 2.36 bits per heavy atom. The maximum atomic E-state index is 11.0. The monoisotopic (exact) mass is 212 g/mol. The average molecular weight is 212 g/mol. The normalized spacial score (nSPS) is 12.9. The van der Waals surface area contributed by atoms with E-state index in [4.69, 9.17) is 0 Å². The van der Waals surface area contributed by atoms with Crippen molar-refractivity contribution < 1.29 is 4.79 Å². The fourth-order valence-corrected chi connectivity index (χ4v) is 2.05. The van der Waals surface area contributed by atoms with Gasteiger partial charge in [-0.3, -0.25) is 4.79 Å². The highest BCUT2D eigenvalue weighted by Gasteiger charge is 2.16. The molecule has 1 rings (SSSR count). The minimum atomic E-state index is 0.00542. The number of amides is 1. The Morgan fingerprint density at radius 3 is 2.79 bits per heavy atom. The summed E-state index contributed by atoms with van der Waals surface area (Å²) < 4.78 is 0. The second-order valence-corrected chi connectivity index (χ2v) is 4.68. The molecule has 1 atom stereocenters. The smallest absolute Gasteiger partial charge is 0.217 e. The first-order chi connectivity index (χ1) is 6.59. The maximum absolute atomic E-state index is 11.0. The maximum Gasteiger partial charge on any atom is 0.217 e. The van der Waals surface area contributed by atoms with Gasteiger partial charge >= 0.3 is 0 Å². The van der Waals surface area contributed by atoms with Gasteiger partial charge in [0.15, 0.2) is 0 Å². The molecular formula is C10H16N2OS. The van der Waals surface area contributed by atoms with Crippen molar-refractivity contribution in [1.29, 1.82) is 0 Å². The first-order valence-corrected chi connectivity index (χ1v) is 5.64. The summed E-state index contributed by atoms with van der Waals surface area (Å²) in [5, 5.41) is 5.85. The number of hydrogen-bond donors (Lipinski definition) is 1. The molecule has 1 aromatic rings. The summed E-state index contributed by atoms with van der Waals surface area (Å²) in [5.41, 5.74) is 0. The molecule has 1 amide bonds. The molecule has 1 N–H and O–H groups in total. The van der Waals surface area contributed by atoms with Crippen LogP contribution in [0, 0.1) is 5.92 Å². The summed E-state index contributed by atoms with van der Waals surface area (Å²) in [5.74, 6) is 0.557. The van der Waals surface area contributed by atoms with Gasteiger partial charge in [0, 0.05) is 18.5 Å². The van der Waals surface area contributed by atoms with E-state index >= 15 is 0 Å². The minimum absolute atomic E-state index is 0.00542. The van der Waals surface area contributed by atoms with Crippen LogP contribution in [-0.2, 0) is 4.79 Å². The number of rotatable bonds is 4. The van der Waals surface area contributed by atoms with Crippen molar-refractivity contribution >= 4 is 17.2 Å². The summed E-state index contributed by atoms with van der Waals surface area (Å²) in [6, 6.07) is 0.0764. The summed E-state index contributed by atoms with van der Waals surface area (Å²) in [6.07, 6.45) is 2.71. The van der Waals surface area contributed by atoms with Crippen LogP contribution in [0.1, 0.15) is 38.2 Å². The second-order valence-electron chi connectivity index (χ2n) is 3.75. The van der Waals surface area contributed by atoms with Crippen LogP contribution in [0.3, 0.4) is 0 Å². The summed E-state index contributed by atoms with van der Waals surface area (Å²) >= 11 is 1.59. The molecule has 1 heterocycles. The minimum Gasteiger partial charge on any atom is -0.347 e. The van der Waals surface area contributed by atoms with Gasteiger partial charge in [0.1, 0.15) is 5.01 Å². The summed E-state index contributed by atoms with van der Waals surface area (Å²) in [4.78, 5) is 15.2. The molecule has 1 aromatic heterocycles. The molecule has 0 aromatic carbocycles. The lowest BCUT2D eigenvalue weighted by atomic mass is 10.0. The molecule has 0 fully saturated rings. The van der Waals surface area contributed by atoms with Crippen LogP contribution in [0.25, 0.3) is 0 Å². The van der Waals surface area contributed by atoms with Gasteiger partial charge in [-0.2, -0.15) is 0 Å². The second kappa shape index (κ2) is 5.10. The molecule has 0 aliphatic heterocycles. The van der Waals surface area contributed by atoms with Gasteiger partial charge in [0.25, 0.3) is 0 Å². The van der Waals surface area contributed by atoms with E-state index in [1.807, 2.05) is 5.38 Å². The van der Waals surface area contributed by atoms with Gasteiger partial charge in [-0.25, -0.2) is 4.98 Å². The van der Waals surface area contributed by atoms with Crippen LogP contribution >= 0.6 is 11.3 Å². The van der Waals surface area contributed by atoms with Gasteiger partial charge < -0.3 is 5.32 Å². The highest BCUT2D eigenvalue weighted by atomic mass is 32.1. The molecule has 0 spiro atoms. The largest absolute Gasteiger partial charge is 0.347 e. The van der Waals surface area contributed by atoms with Crippen LogP contribution < -0.4 is 5.32 Å². The van der Waals surface area contributed by atoms with Crippen molar-refractivity contribution in [2.45, 2.75) is 33.2 Å². The van der Waals surface area contributed by atoms with E-state index in [9.17, 15) is 4.79 Å². The first kappa shape index (κ1) is 11.2. The molecule has 0 saturated heterocycles. The molecule has 0 saturated carbocycles. The van der Waals surface area contributed by atoms with Crippen LogP contribution in [0.5, 0.6) is 0 Å². The number of nitrogens with one attached hydrogen (secondary N) is 1. The molecule has 14 heavy (non-hydrogen) atoms. The van der Waals surface area contributed by atoms with E-state index in [2.05, 4.69) is 24.1 Å². The van der Waals surface area contributed by atoms with E-state index in [1.165, 1.54) is 0 Å². The van der Waals surface area contributed by atoms with E-state index in [0.29, 0.717) is 5.92 Å². The Morgan fingerprint density at radius 1 is 1.64 bits per heavy atom. The molecule has 78 valence electrons. The van der Waals surface area contributed by atoms with Gasteiger partial charge in [0.2, 0.25) is 5.91 Å². The van der Waals surface area contributed by atoms with Crippen LogP contribution in [0.4, 0.5) is 0 Å². The quantitative estimate of drug-likeness (QED) is 0.832. The zero-order valence-electron chi connectivity index (χ0n) is 8.78. The van der Waals surface area contributed by atoms with Crippen molar-refractivity contribution in [3.8, 4) is 0 Å². The average Bonchev–Trinajstić information content (AvgIpc) is 2.52. The highest BCUT2D eigenvalue weighted by molar-refractivity contribution is 7.09. The lowest BCUT2D eigenvalue weighted by Crippen LogP contribution is -2.27. The number of carbonyl (C=O) groups is 1. The Bertz CT molecular complexity index is 282. The number of hydrogen-bond acceptors (Lipinski definition) is 3. The van der Waals surface area contributed by atoms with Crippen molar-refractivity contribution in [2.75, 3.05) is 0 Å². The first-order valence-electron chi connectivity index (χ1n) is 4.76. The van der Waals surface area contributed by atoms with E-state index in [-0.39, 0.29) is 11.9 Å². The number of nitrogens with zero attached hydrogens (tertiary/aromatic N) is 1. The lowest BCUT2D eigenvalue weighted by molar-refractivity contribution is -0.119. The van der Waals surface area contributed by atoms with Crippen molar-refractivity contribution in [3.05, 3.63) is 16.6 Å². The van der Waals surface area contributed by atoms with Gasteiger partial charge in [-0.05, 0) is 12.3 Å². The molecule has 0 aliphatic carbocycles. The third-order valence-corrected chi connectivity index (χ3v) is 2.72. The Kier molecular flexibility index (Phi) is 4.07. The number of carbonyl (C=O) groups excluding carboxylic acids is 1. The number of thiazole rings is 1. The zero-order valence-corrected chi connectivity index (χ0v) is 9.60. The van der Waals surface area contributed by atoms with E-state index in [0.717, 1.165) is 11.4 Å². The molecule has 3 nitrogen and oxygen atoms in total. The Hall–Kier alpha value is -0.900. The predicted molar refractivity (Wildman–Crippen MR) is 58.1 cm³/mol. The van der Waals surface area contributed by atoms with Crippen LogP contribution in [0.2, 0.25) is 0 Å². The topological polar surface area (TPSA) is 42.0 Å².